The average Bonchev–Trinajstić information content (AvgIpc) is 2.45. The van der Waals surface area contributed by atoms with Gasteiger partial charge in [-0.25, -0.2) is 0 Å². The third-order valence-electron chi connectivity index (χ3n) is 3.50. The van der Waals surface area contributed by atoms with E-state index in [4.69, 9.17) is 10.5 Å². The Morgan fingerprint density at radius 2 is 1.95 bits per heavy atom. The minimum absolute atomic E-state index is 0.219. The summed E-state index contributed by atoms with van der Waals surface area (Å²) in [6, 6.07) is 6.91. The van der Waals surface area contributed by atoms with Crippen molar-refractivity contribution < 1.29 is 9.53 Å². The Hall–Kier alpha value is -2.56. The fraction of sp³-hybridized carbons (Fsp3) is 0.294. The summed E-state index contributed by atoms with van der Waals surface area (Å²) in [5, 5.41) is 0. The standard InChI is InChI=1S/C17H20N2O3/c1-17(2,3)13-9-10(11-6-5-7-19-16(11)21)8-12(15(18)20)14(13)22-4/h5-9H,1-4H3,(H2,18,20)(H,19,21). The Morgan fingerprint density at radius 1 is 1.27 bits per heavy atom. The minimum atomic E-state index is -0.587. The molecular weight excluding hydrogens is 280 g/mol. The summed E-state index contributed by atoms with van der Waals surface area (Å²) >= 11 is 0. The van der Waals surface area contributed by atoms with Gasteiger partial charge in [-0.05, 0) is 35.2 Å². The molecule has 0 saturated heterocycles. The quantitative estimate of drug-likeness (QED) is 0.913. The number of hydrogen-bond donors (Lipinski definition) is 2. The molecule has 0 aliphatic carbocycles. The molecule has 0 fully saturated rings. The van der Waals surface area contributed by atoms with Crippen molar-refractivity contribution >= 4 is 5.91 Å². The first-order chi connectivity index (χ1) is 10.3. The molecule has 5 nitrogen and oxygen atoms in total. The van der Waals surface area contributed by atoms with Gasteiger partial charge < -0.3 is 15.5 Å². The van der Waals surface area contributed by atoms with Crippen molar-refractivity contribution in [2.24, 2.45) is 5.73 Å². The SMILES string of the molecule is COc1c(C(N)=O)cc(-c2ccc[nH]c2=O)cc1C(C)(C)C. The maximum atomic E-state index is 12.0. The molecule has 0 aliphatic rings. The maximum Gasteiger partial charge on any atom is 0.255 e. The van der Waals surface area contributed by atoms with Crippen LogP contribution in [-0.2, 0) is 5.41 Å². The lowest BCUT2D eigenvalue weighted by Gasteiger charge is -2.24. The van der Waals surface area contributed by atoms with E-state index in [1.54, 1.807) is 24.4 Å². The van der Waals surface area contributed by atoms with Crippen LogP contribution in [0.3, 0.4) is 0 Å². The van der Waals surface area contributed by atoms with Crippen LogP contribution < -0.4 is 16.0 Å². The Balaban J connectivity index is 2.83. The predicted octanol–water partition coefficient (Wildman–Crippen LogP) is 2.45. The number of carbonyl (C=O) groups excluding carboxylic acids is 1. The zero-order valence-corrected chi connectivity index (χ0v) is 13.2. The minimum Gasteiger partial charge on any atom is -0.496 e. The molecule has 0 saturated carbocycles. The fourth-order valence-electron chi connectivity index (χ4n) is 2.39. The molecule has 0 unspecified atom stereocenters. The van der Waals surface area contributed by atoms with Gasteiger partial charge >= 0.3 is 0 Å². The number of hydrogen-bond acceptors (Lipinski definition) is 3. The molecule has 1 amide bonds. The predicted molar refractivity (Wildman–Crippen MR) is 86.3 cm³/mol. The smallest absolute Gasteiger partial charge is 0.255 e. The molecule has 2 aromatic rings. The number of methoxy groups -OCH3 is 1. The lowest BCUT2D eigenvalue weighted by atomic mass is 9.83. The molecule has 116 valence electrons. The van der Waals surface area contributed by atoms with Gasteiger partial charge in [-0.1, -0.05) is 20.8 Å². The van der Waals surface area contributed by atoms with Gasteiger partial charge in [0.2, 0.25) is 0 Å². The molecule has 22 heavy (non-hydrogen) atoms. The van der Waals surface area contributed by atoms with E-state index in [9.17, 15) is 9.59 Å². The lowest BCUT2D eigenvalue weighted by Crippen LogP contribution is -2.19. The summed E-state index contributed by atoms with van der Waals surface area (Å²) in [5.74, 6) is -0.132. The van der Waals surface area contributed by atoms with Gasteiger partial charge in [0.1, 0.15) is 5.75 Å². The molecule has 0 bridgehead atoms. The fourth-order valence-corrected chi connectivity index (χ4v) is 2.39. The van der Waals surface area contributed by atoms with Crippen LogP contribution in [-0.4, -0.2) is 18.0 Å². The molecule has 1 aromatic carbocycles. The number of rotatable bonds is 3. The number of nitrogens with one attached hydrogen (secondary N) is 1. The van der Waals surface area contributed by atoms with E-state index in [1.807, 2.05) is 26.8 Å². The van der Waals surface area contributed by atoms with Gasteiger partial charge in [0.05, 0.1) is 12.7 Å². The van der Waals surface area contributed by atoms with Crippen molar-refractivity contribution in [3.63, 3.8) is 0 Å². The van der Waals surface area contributed by atoms with Gasteiger partial charge in [-0.3, -0.25) is 9.59 Å². The average molecular weight is 300 g/mol. The molecule has 1 aromatic heterocycles. The molecule has 0 atom stereocenters. The van der Waals surface area contributed by atoms with Gasteiger partial charge in [0.15, 0.2) is 0 Å². The highest BCUT2D eigenvalue weighted by Crippen LogP contribution is 2.37. The van der Waals surface area contributed by atoms with Crippen LogP contribution in [0.1, 0.15) is 36.7 Å². The first kappa shape index (κ1) is 15.8. The number of aromatic amines is 1. The van der Waals surface area contributed by atoms with Crippen LogP contribution in [0.15, 0.2) is 35.3 Å². The molecule has 3 N–H and O–H groups in total. The third kappa shape index (κ3) is 2.88. The largest absolute Gasteiger partial charge is 0.496 e. The van der Waals surface area contributed by atoms with E-state index >= 15 is 0 Å². The van der Waals surface area contributed by atoms with Crippen LogP contribution in [0.4, 0.5) is 0 Å². The summed E-state index contributed by atoms with van der Waals surface area (Å²) in [6.45, 7) is 6.03. The number of primary amides is 1. The van der Waals surface area contributed by atoms with Gasteiger partial charge in [0.25, 0.3) is 11.5 Å². The van der Waals surface area contributed by atoms with Gasteiger partial charge in [-0.2, -0.15) is 0 Å². The molecular formula is C17H20N2O3. The Labute approximate surface area is 129 Å². The highest BCUT2D eigenvalue weighted by molar-refractivity contribution is 5.97. The number of ether oxygens (including phenoxy) is 1. The number of H-pyrrole nitrogens is 1. The van der Waals surface area contributed by atoms with E-state index in [-0.39, 0.29) is 16.5 Å². The van der Waals surface area contributed by atoms with E-state index in [0.29, 0.717) is 16.9 Å². The van der Waals surface area contributed by atoms with E-state index < -0.39 is 5.91 Å². The van der Waals surface area contributed by atoms with Gasteiger partial charge in [-0.15, -0.1) is 0 Å². The van der Waals surface area contributed by atoms with Crippen molar-refractivity contribution in [1.82, 2.24) is 4.98 Å². The monoisotopic (exact) mass is 300 g/mol. The maximum absolute atomic E-state index is 12.0. The summed E-state index contributed by atoms with van der Waals surface area (Å²) in [5.41, 5.74) is 7.21. The normalized spacial score (nSPS) is 11.3. The summed E-state index contributed by atoms with van der Waals surface area (Å²) in [4.78, 5) is 26.4. The van der Waals surface area contributed by atoms with Crippen molar-refractivity contribution in [3.8, 4) is 16.9 Å². The van der Waals surface area contributed by atoms with Crippen molar-refractivity contribution in [2.45, 2.75) is 26.2 Å². The number of amides is 1. The zero-order chi connectivity index (χ0) is 16.5. The number of carbonyl (C=O) groups is 1. The molecule has 0 radical (unpaired) electrons. The second-order valence-electron chi connectivity index (χ2n) is 6.13. The van der Waals surface area contributed by atoms with Crippen molar-refractivity contribution in [1.29, 1.82) is 0 Å². The topological polar surface area (TPSA) is 85.2 Å². The number of nitrogens with two attached hydrogens (primary N) is 1. The zero-order valence-electron chi connectivity index (χ0n) is 13.2. The third-order valence-corrected chi connectivity index (χ3v) is 3.50. The Kier molecular flexibility index (Phi) is 4.08. The van der Waals surface area contributed by atoms with Gasteiger partial charge in [0, 0.05) is 17.3 Å². The van der Waals surface area contributed by atoms with Crippen molar-refractivity contribution in [3.05, 3.63) is 51.9 Å². The second kappa shape index (κ2) is 5.67. The molecule has 5 heteroatoms. The summed E-state index contributed by atoms with van der Waals surface area (Å²) in [7, 11) is 1.51. The van der Waals surface area contributed by atoms with Crippen LogP contribution in [0.2, 0.25) is 0 Å². The van der Waals surface area contributed by atoms with Crippen LogP contribution in [0.25, 0.3) is 11.1 Å². The summed E-state index contributed by atoms with van der Waals surface area (Å²) < 4.78 is 5.40. The van der Waals surface area contributed by atoms with E-state index in [0.717, 1.165) is 5.56 Å². The molecule has 0 spiro atoms. The van der Waals surface area contributed by atoms with Crippen LogP contribution in [0, 0.1) is 0 Å². The second-order valence-corrected chi connectivity index (χ2v) is 6.13. The number of aromatic nitrogens is 1. The number of benzene rings is 1. The van der Waals surface area contributed by atoms with Crippen LogP contribution >= 0.6 is 0 Å². The summed E-state index contributed by atoms with van der Waals surface area (Å²) in [6.07, 6.45) is 1.56. The first-order valence-electron chi connectivity index (χ1n) is 6.96. The highest BCUT2D eigenvalue weighted by Gasteiger charge is 2.25. The number of pyridine rings is 1. The van der Waals surface area contributed by atoms with E-state index in [2.05, 4.69) is 4.98 Å². The first-order valence-corrected chi connectivity index (χ1v) is 6.96. The Bertz CT molecular complexity index is 770. The van der Waals surface area contributed by atoms with Crippen molar-refractivity contribution in [2.75, 3.05) is 7.11 Å². The van der Waals surface area contributed by atoms with Crippen LogP contribution in [0.5, 0.6) is 5.75 Å². The molecule has 1 heterocycles. The van der Waals surface area contributed by atoms with E-state index in [1.165, 1.54) is 7.11 Å². The Morgan fingerprint density at radius 3 is 2.45 bits per heavy atom. The highest BCUT2D eigenvalue weighted by atomic mass is 16.5. The molecule has 2 rings (SSSR count). The molecule has 0 aliphatic heterocycles. The lowest BCUT2D eigenvalue weighted by molar-refractivity contribution is 0.0997.